The first-order chi connectivity index (χ1) is 11.1. The molecule has 2 aliphatic rings. The highest BCUT2D eigenvalue weighted by atomic mass is 16.2. The summed E-state index contributed by atoms with van der Waals surface area (Å²) in [5.74, 6) is 1.36. The topological polar surface area (TPSA) is 23.6 Å². The molecular formula is C20H30N2O. The first kappa shape index (κ1) is 16.5. The number of rotatable bonds is 3. The van der Waals surface area contributed by atoms with Crippen LogP contribution in [-0.4, -0.2) is 41.9 Å². The lowest BCUT2D eigenvalue weighted by atomic mass is 9.92. The lowest BCUT2D eigenvalue weighted by Gasteiger charge is -2.37. The van der Waals surface area contributed by atoms with E-state index in [1.165, 1.54) is 24.0 Å². The summed E-state index contributed by atoms with van der Waals surface area (Å²) in [4.78, 5) is 17.3. The summed E-state index contributed by atoms with van der Waals surface area (Å²) in [5.41, 5.74) is 2.71. The van der Waals surface area contributed by atoms with E-state index in [4.69, 9.17) is 0 Å². The highest BCUT2D eigenvalue weighted by Gasteiger charge is 2.30. The third kappa shape index (κ3) is 4.35. The molecule has 2 aliphatic heterocycles. The van der Waals surface area contributed by atoms with E-state index < -0.39 is 0 Å². The van der Waals surface area contributed by atoms with Crippen molar-refractivity contribution in [1.82, 2.24) is 9.80 Å². The van der Waals surface area contributed by atoms with Gasteiger partial charge in [-0.15, -0.1) is 0 Å². The van der Waals surface area contributed by atoms with Gasteiger partial charge in [0.25, 0.3) is 0 Å². The molecule has 0 aromatic heterocycles. The number of hydrogen-bond acceptors (Lipinski definition) is 2. The lowest BCUT2D eigenvalue weighted by Crippen LogP contribution is -2.45. The van der Waals surface area contributed by atoms with E-state index >= 15 is 0 Å². The number of likely N-dealkylation sites (tertiary alicyclic amines) is 2. The highest BCUT2D eigenvalue weighted by molar-refractivity contribution is 5.79. The van der Waals surface area contributed by atoms with Crippen LogP contribution < -0.4 is 0 Å². The molecule has 0 aliphatic carbocycles. The van der Waals surface area contributed by atoms with E-state index in [0.717, 1.165) is 45.6 Å². The molecule has 1 amide bonds. The van der Waals surface area contributed by atoms with Gasteiger partial charge in [-0.25, -0.2) is 0 Å². The fraction of sp³-hybridized carbons (Fsp3) is 0.650. The molecule has 1 aromatic rings. The zero-order valence-corrected chi connectivity index (χ0v) is 14.6. The minimum Gasteiger partial charge on any atom is -0.342 e. The molecule has 0 N–H and O–H groups in total. The lowest BCUT2D eigenvalue weighted by molar-refractivity contribution is -0.138. The number of carbonyl (C=O) groups is 1. The summed E-state index contributed by atoms with van der Waals surface area (Å²) in [6, 6.07) is 8.76. The van der Waals surface area contributed by atoms with Crippen molar-refractivity contribution < 1.29 is 4.79 Å². The number of benzene rings is 1. The second kappa shape index (κ2) is 7.48. The van der Waals surface area contributed by atoms with Crippen molar-refractivity contribution in [1.29, 1.82) is 0 Å². The summed E-state index contributed by atoms with van der Waals surface area (Å²) in [7, 11) is 0. The number of piperidine rings is 2. The van der Waals surface area contributed by atoms with E-state index in [1.54, 1.807) is 0 Å². The first-order valence-electron chi connectivity index (χ1n) is 9.18. The smallest absolute Gasteiger partial charge is 0.225 e. The third-order valence-electron chi connectivity index (χ3n) is 5.39. The maximum Gasteiger partial charge on any atom is 0.225 e. The summed E-state index contributed by atoms with van der Waals surface area (Å²) in [6.07, 6.45) is 4.50. The minimum atomic E-state index is 0.258. The van der Waals surface area contributed by atoms with Gasteiger partial charge in [-0.1, -0.05) is 36.8 Å². The van der Waals surface area contributed by atoms with Gasteiger partial charge in [0.1, 0.15) is 0 Å². The number of carbonyl (C=O) groups excluding carboxylic acids is 1. The van der Waals surface area contributed by atoms with Gasteiger partial charge in [0, 0.05) is 25.6 Å². The van der Waals surface area contributed by atoms with E-state index in [1.807, 2.05) is 0 Å². The minimum absolute atomic E-state index is 0.258. The van der Waals surface area contributed by atoms with Crippen LogP contribution in [0.2, 0.25) is 0 Å². The Hall–Kier alpha value is -1.35. The van der Waals surface area contributed by atoms with Gasteiger partial charge >= 0.3 is 0 Å². The molecule has 0 spiro atoms. The Morgan fingerprint density at radius 1 is 1.17 bits per heavy atom. The monoisotopic (exact) mass is 314 g/mol. The van der Waals surface area contributed by atoms with Crippen LogP contribution in [0.5, 0.6) is 0 Å². The fourth-order valence-corrected chi connectivity index (χ4v) is 4.05. The maximum atomic E-state index is 12.7. The Bertz CT molecular complexity index is 534. The molecule has 0 bridgehead atoms. The molecular weight excluding hydrogens is 284 g/mol. The molecule has 1 atom stereocenters. The molecule has 2 fully saturated rings. The summed E-state index contributed by atoms with van der Waals surface area (Å²) < 4.78 is 0. The molecule has 0 saturated carbocycles. The molecule has 3 heteroatoms. The quantitative estimate of drug-likeness (QED) is 0.853. The van der Waals surface area contributed by atoms with Crippen molar-refractivity contribution >= 4 is 5.91 Å². The van der Waals surface area contributed by atoms with Gasteiger partial charge in [-0.3, -0.25) is 9.69 Å². The van der Waals surface area contributed by atoms with Crippen LogP contribution in [0.3, 0.4) is 0 Å². The number of aryl methyl sites for hydroxylation is 1. The van der Waals surface area contributed by atoms with Crippen LogP contribution in [0.15, 0.2) is 24.3 Å². The molecule has 126 valence electrons. The summed E-state index contributed by atoms with van der Waals surface area (Å²) in [5, 5.41) is 0. The second-order valence-electron chi connectivity index (χ2n) is 7.57. The molecule has 1 aromatic carbocycles. The zero-order valence-electron chi connectivity index (χ0n) is 14.6. The summed E-state index contributed by atoms with van der Waals surface area (Å²) in [6.45, 7) is 9.48. The summed E-state index contributed by atoms with van der Waals surface area (Å²) >= 11 is 0. The predicted molar refractivity (Wildman–Crippen MR) is 94.2 cm³/mol. The van der Waals surface area contributed by atoms with Crippen molar-refractivity contribution in [3.63, 3.8) is 0 Å². The van der Waals surface area contributed by atoms with Crippen LogP contribution in [0, 0.1) is 18.8 Å². The van der Waals surface area contributed by atoms with Crippen molar-refractivity contribution in [3.05, 3.63) is 35.4 Å². The van der Waals surface area contributed by atoms with E-state index in [-0.39, 0.29) is 5.92 Å². The highest BCUT2D eigenvalue weighted by Crippen LogP contribution is 2.24. The number of amides is 1. The van der Waals surface area contributed by atoms with E-state index in [9.17, 15) is 4.79 Å². The SMILES string of the molecule is Cc1cccc(CN2CCC(C(=O)N3CCC[C@H](C)C3)CC2)c1. The average Bonchev–Trinajstić information content (AvgIpc) is 2.55. The Morgan fingerprint density at radius 3 is 2.65 bits per heavy atom. The molecule has 2 heterocycles. The van der Waals surface area contributed by atoms with Gasteiger partial charge in [0.2, 0.25) is 5.91 Å². The Kier molecular flexibility index (Phi) is 5.37. The molecule has 23 heavy (non-hydrogen) atoms. The maximum absolute atomic E-state index is 12.7. The second-order valence-corrected chi connectivity index (χ2v) is 7.57. The Morgan fingerprint density at radius 2 is 1.96 bits per heavy atom. The normalized spacial score (nSPS) is 23.9. The largest absolute Gasteiger partial charge is 0.342 e. The van der Waals surface area contributed by atoms with Crippen LogP contribution in [0.4, 0.5) is 0 Å². The Balaban J connectivity index is 1.49. The molecule has 2 saturated heterocycles. The van der Waals surface area contributed by atoms with Gasteiger partial charge in [0.05, 0.1) is 0 Å². The van der Waals surface area contributed by atoms with Gasteiger partial charge < -0.3 is 4.90 Å². The standard InChI is InChI=1S/C20H30N2O/c1-16-5-3-7-18(13-16)15-21-11-8-19(9-12-21)20(23)22-10-4-6-17(2)14-22/h3,5,7,13,17,19H,4,6,8-12,14-15H2,1-2H3/t17-/m0/s1. The molecule has 3 rings (SSSR count). The van der Waals surface area contributed by atoms with Crippen LogP contribution in [0.1, 0.15) is 43.7 Å². The first-order valence-corrected chi connectivity index (χ1v) is 9.18. The van der Waals surface area contributed by atoms with Gasteiger partial charge in [0.15, 0.2) is 0 Å². The molecule has 3 nitrogen and oxygen atoms in total. The number of hydrogen-bond donors (Lipinski definition) is 0. The fourth-order valence-electron chi connectivity index (χ4n) is 4.05. The van der Waals surface area contributed by atoms with Crippen LogP contribution >= 0.6 is 0 Å². The zero-order chi connectivity index (χ0) is 16.2. The van der Waals surface area contributed by atoms with E-state index in [2.05, 4.69) is 47.9 Å². The van der Waals surface area contributed by atoms with Gasteiger partial charge in [-0.2, -0.15) is 0 Å². The third-order valence-corrected chi connectivity index (χ3v) is 5.39. The average molecular weight is 314 g/mol. The Labute approximate surface area is 140 Å². The van der Waals surface area contributed by atoms with E-state index in [0.29, 0.717) is 11.8 Å². The van der Waals surface area contributed by atoms with Crippen LogP contribution in [0.25, 0.3) is 0 Å². The number of nitrogens with zero attached hydrogens (tertiary/aromatic N) is 2. The van der Waals surface area contributed by atoms with Crippen molar-refractivity contribution in [2.75, 3.05) is 26.2 Å². The van der Waals surface area contributed by atoms with Crippen molar-refractivity contribution in [2.45, 2.75) is 46.1 Å². The van der Waals surface area contributed by atoms with Crippen LogP contribution in [-0.2, 0) is 11.3 Å². The predicted octanol–water partition coefficient (Wildman–Crippen LogP) is 3.47. The van der Waals surface area contributed by atoms with Gasteiger partial charge in [-0.05, 0) is 57.2 Å². The molecule has 0 radical (unpaired) electrons. The van der Waals surface area contributed by atoms with Crippen molar-refractivity contribution in [2.24, 2.45) is 11.8 Å². The van der Waals surface area contributed by atoms with Crippen molar-refractivity contribution in [3.8, 4) is 0 Å². The molecule has 0 unspecified atom stereocenters.